The highest BCUT2D eigenvalue weighted by Gasteiger charge is 2.59. The summed E-state index contributed by atoms with van der Waals surface area (Å²) in [6.45, 7) is 14.5. The molecule has 6 aromatic rings. The summed E-state index contributed by atoms with van der Waals surface area (Å²) in [5, 5.41) is 3.13. The molecule has 0 fully saturated rings. The molecule has 0 unspecified atom stereocenters. The van der Waals surface area contributed by atoms with E-state index >= 15 is 0 Å². The highest BCUT2D eigenvalue weighted by atomic mass is 28.3. The highest BCUT2D eigenvalue weighted by Crippen LogP contribution is 2.58. The number of benzene rings is 6. The minimum Gasteiger partial charge on any atom is -0.0623 e. The molecule has 0 aliphatic heterocycles. The van der Waals surface area contributed by atoms with Gasteiger partial charge in [0.25, 0.3) is 0 Å². The van der Waals surface area contributed by atoms with Crippen LogP contribution >= 0.6 is 0 Å². The van der Waals surface area contributed by atoms with Gasteiger partial charge in [-0.25, -0.2) is 0 Å². The van der Waals surface area contributed by atoms with Crippen molar-refractivity contribution in [1.29, 1.82) is 0 Å². The van der Waals surface area contributed by atoms with Crippen molar-refractivity contribution in [3.05, 3.63) is 179 Å². The van der Waals surface area contributed by atoms with Crippen LogP contribution in [0.1, 0.15) is 86.0 Å². The van der Waals surface area contributed by atoms with Crippen molar-refractivity contribution < 1.29 is 0 Å². The van der Waals surface area contributed by atoms with E-state index in [1.165, 1.54) is 55.6 Å². The first-order chi connectivity index (χ1) is 22.6. The maximum atomic E-state index is 2.54. The van der Waals surface area contributed by atoms with Gasteiger partial charge < -0.3 is 0 Å². The summed E-state index contributed by atoms with van der Waals surface area (Å²) in [6, 6.07) is 56.5. The summed E-state index contributed by atoms with van der Waals surface area (Å²) in [7, 11) is -3.00. The van der Waals surface area contributed by atoms with Gasteiger partial charge in [-0.1, -0.05) is 187 Å². The monoisotopic (exact) mass is 624 g/mol. The lowest BCUT2D eigenvalue weighted by atomic mass is 9.87. The average Bonchev–Trinajstić information content (AvgIpc) is 3.59. The van der Waals surface area contributed by atoms with E-state index in [0.29, 0.717) is 0 Å². The third kappa shape index (κ3) is 4.40. The van der Waals surface area contributed by atoms with E-state index in [0.717, 1.165) is 0 Å². The molecule has 2 aliphatic rings. The summed E-state index contributed by atoms with van der Waals surface area (Å²) in [4.78, 5) is 0. The molecule has 1 heteroatoms. The van der Waals surface area contributed by atoms with Gasteiger partial charge in [-0.2, -0.15) is 0 Å². The van der Waals surface area contributed by atoms with Crippen molar-refractivity contribution >= 4 is 18.4 Å². The van der Waals surface area contributed by atoms with Gasteiger partial charge in [0.05, 0.1) is 0 Å². The number of hydrogen-bond acceptors (Lipinski definition) is 0. The van der Waals surface area contributed by atoms with Gasteiger partial charge in [0.15, 0.2) is 0 Å². The highest BCUT2D eigenvalue weighted by molar-refractivity contribution is 7.05. The fourth-order valence-electron chi connectivity index (χ4n) is 9.22. The van der Waals surface area contributed by atoms with Crippen molar-refractivity contribution in [2.24, 2.45) is 0 Å². The summed E-state index contributed by atoms with van der Waals surface area (Å²) in [6.07, 6.45) is 0. The molecule has 0 saturated carbocycles. The molecule has 0 atom stereocenters. The quantitative estimate of drug-likeness (QED) is 0.171. The molecular formula is C46H44Si. The average molecular weight is 625 g/mol. The minimum atomic E-state index is -3.00. The second-order valence-electron chi connectivity index (χ2n) is 15.7. The van der Waals surface area contributed by atoms with Gasteiger partial charge in [0.1, 0.15) is 8.07 Å². The lowest BCUT2D eigenvalue weighted by Crippen LogP contribution is -2.69. The molecule has 2 aliphatic carbocycles. The Bertz CT molecular complexity index is 1890. The Morgan fingerprint density at radius 2 is 0.596 bits per heavy atom. The Balaban J connectivity index is 1.66. The topological polar surface area (TPSA) is 0 Å². The third-order valence-electron chi connectivity index (χ3n) is 10.9. The Morgan fingerprint density at radius 1 is 0.340 bits per heavy atom. The van der Waals surface area contributed by atoms with E-state index < -0.39 is 8.07 Å². The number of rotatable bonds is 4. The molecule has 0 nitrogen and oxygen atoms in total. The van der Waals surface area contributed by atoms with E-state index in [-0.39, 0.29) is 21.9 Å². The molecule has 0 spiro atoms. The zero-order chi connectivity index (χ0) is 32.6. The van der Waals surface area contributed by atoms with Crippen molar-refractivity contribution in [2.75, 3.05) is 0 Å². The molecular weight excluding hydrogens is 581 g/mol. The van der Waals surface area contributed by atoms with Gasteiger partial charge in [-0.3, -0.25) is 0 Å². The van der Waals surface area contributed by atoms with Gasteiger partial charge in [0, 0.05) is 11.1 Å². The zero-order valence-corrected chi connectivity index (χ0v) is 29.5. The van der Waals surface area contributed by atoms with Crippen molar-refractivity contribution in [1.82, 2.24) is 0 Å². The van der Waals surface area contributed by atoms with Gasteiger partial charge in [-0.15, -0.1) is 0 Å². The second-order valence-corrected chi connectivity index (χ2v) is 19.6. The predicted octanol–water partition coefficient (Wildman–Crippen LogP) is 10.5. The van der Waals surface area contributed by atoms with Crippen molar-refractivity contribution in [3.63, 3.8) is 0 Å². The molecule has 0 N–H and O–H groups in total. The normalized spacial score (nSPS) is 14.4. The van der Waals surface area contributed by atoms with Crippen LogP contribution in [0.2, 0.25) is 0 Å². The van der Waals surface area contributed by atoms with Crippen LogP contribution < -0.4 is 10.4 Å². The SMILES string of the molecule is CC(C)(C)c1ccccc1[Si](c1ccccc1C(C)(C)C)(C1c2ccccc2-c2ccccc21)C1c2ccccc2-c2ccccc21. The molecule has 0 heterocycles. The van der Waals surface area contributed by atoms with Crippen LogP contribution in [0.4, 0.5) is 0 Å². The lowest BCUT2D eigenvalue weighted by Gasteiger charge is -2.48. The molecule has 47 heavy (non-hydrogen) atoms. The number of hydrogen-bond donors (Lipinski definition) is 0. The van der Waals surface area contributed by atoms with E-state index in [1.807, 2.05) is 0 Å². The van der Waals surface area contributed by atoms with Gasteiger partial charge >= 0.3 is 0 Å². The second kappa shape index (κ2) is 10.8. The number of fused-ring (bicyclic) bond motifs is 6. The van der Waals surface area contributed by atoms with Crippen LogP contribution in [0, 0.1) is 0 Å². The fraction of sp³-hybridized carbons (Fsp3) is 0.217. The fourth-order valence-corrected chi connectivity index (χ4v) is 16.6. The molecule has 8 rings (SSSR count). The van der Waals surface area contributed by atoms with Crippen molar-refractivity contribution in [2.45, 2.75) is 63.5 Å². The minimum absolute atomic E-state index is 0.0409. The Morgan fingerprint density at radius 3 is 0.894 bits per heavy atom. The first-order valence-corrected chi connectivity index (χ1v) is 19.4. The van der Waals surface area contributed by atoms with E-state index in [4.69, 9.17) is 0 Å². The van der Waals surface area contributed by atoms with Crippen LogP contribution in [-0.4, -0.2) is 8.07 Å². The largest absolute Gasteiger partial charge is 0.141 e. The van der Waals surface area contributed by atoms with Crippen molar-refractivity contribution in [3.8, 4) is 22.3 Å². The lowest BCUT2D eigenvalue weighted by molar-refractivity contribution is 0.591. The van der Waals surface area contributed by atoms with Crippen LogP contribution in [0.3, 0.4) is 0 Å². The summed E-state index contributed by atoms with van der Waals surface area (Å²) in [5.41, 5.74) is 14.8. The van der Waals surface area contributed by atoms with Gasteiger partial charge in [-0.05, 0) is 76.8 Å². The van der Waals surface area contributed by atoms with Gasteiger partial charge in [0.2, 0.25) is 0 Å². The maximum absolute atomic E-state index is 3.00. The summed E-state index contributed by atoms with van der Waals surface area (Å²) in [5.74, 6) is 0. The first kappa shape index (κ1) is 29.9. The van der Waals surface area contributed by atoms with E-state index in [2.05, 4.69) is 187 Å². The Labute approximate surface area is 282 Å². The predicted molar refractivity (Wildman–Crippen MR) is 203 cm³/mol. The molecule has 0 saturated heterocycles. The Kier molecular flexibility index (Phi) is 6.87. The maximum Gasteiger partial charge on any atom is 0.141 e. The first-order valence-electron chi connectivity index (χ1n) is 17.2. The summed E-state index contributed by atoms with van der Waals surface area (Å²) >= 11 is 0. The van der Waals surface area contributed by atoms with E-state index in [1.54, 1.807) is 10.4 Å². The zero-order valence-electron chi connectivity index (χ0n) is 28.5. The molecule has 0 aromatic heterocycles. The van der Waals surface area contributed by atoms with Crippen LogP contribution in [-0.2, 0) is 10.8 Å². The van der Waals surface area contributed by atoms with Crippen LogP contribution in [0.15, 0.2) is 146 Å². The molecule has 0 amide bonds. The van der Waals surface area contributed by atoms with E-state index in [9.17, 15) is 0 Å². The standard InChI is InChI=1S/C46H44Si/c1-45(2,3)39-27-15-17-29-41(39)47(42-30-18-16-28-40(42)46(4,5)6,43-35-23-11-7-19-31(35)32-20-8-12-24-36(32)43)44-37-25-13-9-21-33(37)34-22-10-14-26-38(34)44/h7-30,43-44H,1-6H3. The molecule has 6 aromatic carbocycles. The summed E-state index contributed by atoms with van der Waals surface area (Å²) < 4.78 is 0. The smallest absolute Gasteiger partial charge is 0.0623 e. The molecule has 0 radical (unpaired) electrons. The Hall–Kier alpha value is -4.46. The molecule has 232 valence electrons. The third-order valence-corrected chi connectivity index (χ3v) is 16.7. The molecule has 0 bridgehead atoms. The van der Waals surface area contributed by atoms with Crippen LogP contribution in [0.25, 0.3) is 22.3 Å². The van der Waals surface area contributed by atoms with Crippen LogP contribution in [0.5, 0.6) is 0 Å².